The maximum Gasteiger partial charge on any atom is 2.00 e. The van der Waals surface area contributed by atoms with Gasteiger partial charge in [-0.3, -0.25) is 0 Å². The molecule has 0 radical (unpaired) electrons. The van der Waals surface area contributed by atoms with Crippen LogP contribution in [0.4, 0.5) is 0 Å². The number of carboxylic acids is 2. The molecule has 6 nitrogen and oxygen atoms in total. The minimum Gasteiger partial charge on any atom is -0.872 e. The van der Waals surface area contributed by atoms with Gasteiger partial charge in [0.05, 0.1) is 11.1 Å². The zero-order chi connectivity index (χ0) is 28.0. The van der Waals surface area contributed by atoms with Gasteiger partial charge in [0.15, 0.2) is 0 Å². The summed E-state index contributed by atoms with van der Waals surface area (Å²) in [5.74, 6) is -3.33. The fourth-order valence-corrected chi connectivity index (χ4v) is 4.45. The van der Waals surface area contributed by atoms with Crippen LogP contribution in [-0.2, 0) is 19.5 Å². The molecule has 2 atom stereocenters. The molecule has 0 saturated heterocycles. The van der Waals surface area contributed by atoms with Gasteiger partial charge < -0.3 is 20.4 Å². The zero-order valence-electron chi connectivity index (χ0n) is 22.5. The van der Waals surface area contributed by atoms with Gasteiger partial charge in [-0.25, -0.2) is 9.59 Å². The molecule has 4 aromatic rings. The summed E-state index contributed by atoms with van der Waals surface area (Å²) in [7, 11) is 0. The van der Waals surface area contributed by atoms with Crippen LogP contribution in [0, 0.1) is 13.8 Å². The van der Waals surface area contributed by atoms with Gasteiger partial charge in [0, 0.05) is 11.8 Å². The van der Waals surface area contributed by atoms with E-state index in [1.54, 1.807) is 38.1 Å². The molecular formula is C32H30O6Zn. The summed E-state index contributed by atoms with van der Waals surface area (Å²) < 4.78 is 0. The Hall–Kier alpha value is -3.96. The molecule has 0 bridgehead atoms. The monoisotopic (exact) mass is 574 g/mol. The van der Waals surface area contributed by atoms with Gasteiger partial charge in [-0.05, 0) is 47.2 Å². The van der Waals surface area contributed by atoms with Gasteiger partial charge in [0.1, 0.15) is 0 Å². The first kappa shape index (κ1) is 31.3. The van der Waals surface area contributed by atoms with Gasteiger partial charge in [-0.2, -0.15) is 0 Å². The van der Waals surface area contributed by atoms with E-state index in [1.807, 2.05) is 74.5 Å². The molecule has 0 heterocycles. The molecule has 196 valence electrons. The first-order valence-corrected chi connectivity index (χ1v) is 12.2. The average Bonchev–Trinajstić information content (AvgIpc) is 2.89. The molecule has 0 saturated carbocycles. The van der Waals surface area contributed by atoms with Crippen molar-refractivity contribution in [2.24, 2.45) is 0 Å². The summed E-state index contributed by atoms with van der Waals surface area (Å²) in [4.78, 5) is 22.3. The molecule has 39 heavy (non-hydrogen) atoms. The minimum atomic E-state index is -1.16. The zero-order valence-corrected chi connectivity index (χ0v) is 25.4. The van der Waals surface area contributed by atoms with E-state index in [2.05, 4.69) is 0 Å². The Kier molecular flexibility index (Phi) is 11.0. The second kappa shape index (κ2) is 13.7. The fourth-order valence-electron chi connectivity index (χ4n) is 4.45. The molecule has 0 aliphatic carbocycles. The maximum atomic E-state index is 12.3. The van der Waals surface area contributed by atoms with Gasteiger partial charge in [-0.1, -0.05) is 110 Å². The van der Waals surface area contributed by atoms with Crippen LogP contribution < -0.4 is 10.2 Å². The molecular weight excluding hydrogens is 546 g/mol. The Balaban J connectivity index is 0.000000267. The molecule has 4 rings (SSSR count). The predicted molar refractivity (Wildman–Crippen MR) is 143 cm³/mol. The third-order valence-electron chi connectivity index (χ3n) is 6.75. The molecule has 4 aromatic carbocycles. The van der Waals surface area contributed by atoms with E-state index in [4.69, 9.17) is 10.2 Å². The number of rotatable bonds is 6. The van der Waals surface area contributed by atoms with E-state index in [-0.39, 0.29) is 53.9 Å². The minimum absolute atomic E-state index is 0. The first-order chi connectivity index (χ1) is 18.0. The van der Waals surface area contributed by atoms with Crippen molar-refractivity contribution in [3.05, 3.63) is 129 Å². The third kappa shape index (κ3) is 7.12. The van der Waals surface area contributed by atoms with Crippen molar-refractivity contribution in [3.8, 4) is 11.5 Å². The van der Waals surface area contributed by atoms with Crippen molar-refractivity contribution in [1.82, 2.24) is 0 Å². The van der Waals surface area contributed by atoms with Crippen molar-refractivity contribution in [1.29, 1.82) is 0 Å². The van der Waals surface area contributed by atoms with E-state index in [9.17, 15) is 19.8 Å². The number of hydrogen-bond donors (Lipinski definition) is 2. The smallest absolute Gasteiger partial charge is 0.872 e. The van der Waals surface area contributed by atoms with Crippen LogP contribution in [0.1, 0.15) is 79.8 Å². The van der Waals surface area contributed by atoms with Gasteiger partial charge in [0.25, 0.3) is 0 Å². The SMILES string of the molecule is Cc1ccc(C(C)c2ccccc2)c([O-])c1C(=O)O.Cc1ccc(C(C)c2ccccc2)c([O-])c1C(=O)O.[Zn+2]. The number of aryl methyl sites for hydroxylation is 2. The van der Waals surface area contributed by atoms with Crippen LogP contribution in [0.3, 0.4) is 0 Å². The molecule has 0 aromatic heterocycles. The third-order valence-corrected chi connectivity index (χ3v) is 6.75. The van der Waals surface area contributed by atoms with Crippen LogP contribution >= 0.6 is 0 Å². The van der Waals surface area contributed by atoms with Crippen LogP contribution in [0.15, 0.2) is 84.9 Å². The molecule has 0 fully saturated rings. The van der Waals surface area contributed by atoms with E-state index < -0.39 is 11.9 Å². The summed E-state index contributed by atoms with van der Waals surface area (Å²) in [6.07, 6.45) is 0. The predicted octanol–water partition coefficient (Wildman–Crippen LogP) is 5.83. The maximum absolute atomic E-state index is 12.3. The number of carboxylic acid groups (broad SMARTS) is 2. The summed E-state index contributed by atoms with van der Waals surface area (Å²) in [6.45, 7) is 7.10. The summed E-state index contributed by atoms with van der Waals surface area (Å²) in [5, 5.41) is 42.8. The average molecular weight is 576 g/mol. The molecule has 0 spiro atoms. The van der Waals surface area contributed by atoms with Crippen LogP contribution in [0.5, 0.6) is 11.5 Å². The van der Waals surface area contributed by atoms with Crippen LogP contribution in [-0.4, -0.2) is 22.2 Å². The molecule has 7 heteroatoms. The first-order valence-electron chi connectivity index (χ1n) is 12.2. The normalized spacial score (nSPS) is 11.8. The summed E-state index contributed by atoms with van der Waals surface area (Å²) in [6, 6.07) is 26.0. The quantitative estimate of drug-likeness (QED) is 0.279. The Labute approximate surface area is 241 Å². The topological polar surface area (TPSA) is 121 Å². The van der Waals surface area contributed by atoms with E-state index >= 15 is 0 Å². The molecule has 0 aliphatic rings. The molecule has 2 unspecified atom stereocenters. The van der Waals surface area contributed by atoms with Crippen molar-refractivity contribution >= 4 is 11.9 Å². The Morgan fingerprint density at radius 1 is 0.590 bits per heavy atom. The van der Waals surface area contributed by atoms with Gasteiger partial charge >= 0.3 is 31.4 Å². The fraction of sp³-hybridized carbons (Fsp3) is 0.188. The Morgan fingerprint density at radius 2 is 0.897 bits per heavy atom. The number of benzene rings is 4. The number of hydrogen-bond acceptors (Lipinski definition) is 4. The van der Waals surface area contributed by atoms with Crippen molar-refractivity contribution in [2.45, 2.75) is 39.5 Å². The second-order valence-corrected chi connectivity index (χ2v) is 9.23. The molecule has 2 N–H and O–H groups in total. The summed E-state index contributed by atoms with van der Waals surface area (Å²) in [5.41, 5.74) is 3.80. The second-order valence-electron chi connectivity index (χ2n) is 9.23. The number of aromatic carboxylic acids is 2. The summed E-state index contributed by atoms with van der Waals surface area (Å²) >= 11 is 0. The van der Waals surface area contributed by atoms with Gasteiger partial charge in [-0.15, -0.1) is 0 Å². The van der Waals surface area contributed by atoms with E-state index in [0.717, 1.165) is 11.1 Å². The van der Waals surface area contributed by atoms with Crippen molar-refractivity contribution in [3.63, 3.8) is 0 Å². The largest absolute Gasteiger partial charge is 2.00 e. The molecule has 0 amide bonds. The van der Waals surface area contributed by atoms with Crippen molar-refractivity contribution in [2.75, 3.05) is 0 Å². The van der Waals surface area contributed by atoms with Crippen LogP contribution in [0.25, 0.3) is 0 Å². The molecule has 0 aliphatic heterocycles. The number of carbonyl (C=O) groups is 2. The van der Waals surface area contributed by atoms with Crippen LogP contribution in [0.2, 0.25) is 0 Å². The Bertz CT molecular complexity index is 1320. The van der Waals surface area contributed by atoms with E-state index in [1.165, 1.54) is 0 Å². The van der Waals surface area contributed by atoms with Gasteiger partial charge in [0.2, 0.25) is 0 Å². The van der Waals surface area contributed by atoms with E-state index in [0.29, 0.717) is 22.3 Å². The Morgan fingerprint density at radius 3 is 1.18 bits per heavy atom. The van der Waals surface area contributed by atoms with Crippen molar-refractivity contribution < 1.29 is 49.5 Å². The standard InChI is InChI=1S/2C16H16O3.Zn/c2*1-10-8-9-13(15(17)14(10)16(18)19)11(2)12-6-4-3-5-7-12;/h2*3-9,11,17H,1-2H3,(H,18,19);/q;;+2/p-2.